The van der Waals surface area contributed by atoms with Crippen LogP contribution >= 0.6 is 0 Å². The van der Waals surface area contributed by atoms with E-state index in [2.05, 4.69) is 4.98 Å². The van der Waals surface area contributed by atoms with E-state index in [1.54, 1.807) is 13.0 Å². The number of benzene rings is 1. The number of nitrogens with one attached hydrogen (secondary N) is 2. The fourth-order valence-electron chi connectivity index (χ4n) is 2.69. The number of hydrogen-bond acceptors (Lipinski definition) is 4. The Labute approximate surface area is 152 Å². The lowest BCUT2D eigenvalue weighted by molar-refractivity contribution is 0.589. The molecule has 0 radical (unpaired) electrons. The second kappa shape index (κ2) is 6.85. The number of halogens is 2. The summed E-state index contributed by atoms with van der Waals surface area (Å²) in [6.07, 6.45) is 2.23. The first-order valence-corrected chi connectivity index (χ1v) is 9.35. The van der Waals surface area contributed by atoms with E-state index in [1.807, 2.05) is 4.72 Å². The SMILES string of the molecule is CCn1ccc2c(S(=O)(=O)Nc3cc(F)c(CC#N)cc3F)c[nH]c2c1=O. The van der Waals surface area contributed by atoms with E-state index in [-0.39, 0.29) is 27.8 Å². The number of pyridine rings is 1. The fourth-order valence-corrected chi connectivity index (χ4v) is 3.92. The summed E-state index contributed by atoms with van der Waals surface area (Å²) in [5.74, 6) is -1.92. The second-order valence-electron chi connectivity index (χ2n) is 5.71. The number of nitriles is 1. The van der Waals surface area contributed by atoms with Crippen LogP contribution in [0.2, 0.25) is 0 Å². The summed E-state index contributed by atoms with van der Waals surface area (Å²) >= 11 is 0. The first-order valence-electron chi connectivity index (χ1n) is 7.86. The van der Waals surface area contributed by atoms with Crippen molar-refractivity contribution < 1.29 is 17.2 Å². The van der Waals surface area contributed by atoms with Gasteiger partial charge in [-0.15, -0.1) is 0 Å². The Morgan fingerprint density at radius 3 is 2.70 bits per heavy atom. The van der Waals surface area contributed by atoms with E-state index < -0.39 is 32.9 Å². The summed E-state index contributed by atoms with van der Waals surface area (Å²) in [5.41, 5.74) is -1.07. The van der Waals surface area contributed by atoms with E-state index in [0.717, 1.165) is 12.3 Å². The van der Waals surface area contributed by atoms with Gasteiger partial charge in [0, 0.05) is 36.0 Å². The second-order valence-corrected chi connectivity index (χ2v) is 7.36. The van der Waals surface area contributed by atoms with E-state index in [1.165, 1.54) is 16.8 Å². The van der Waals surface area contributed by atoms with Gasteiger partial charge in [0.25, 0.3) is 15.6 Å². The maximum atomic E-state index is 14.1. The summed E-state index contributed by atoms with van der Waals surface area (Å²) in [7, 11) is -4.30. The molecule has 2 aromatic heterocycles. The largest absolute Gasteiger partial charge is 0.355 e. The Balaban J connectivity index is 2.05. The van der Waals surface area contributed by atoms with Crippen molar-refractivity contribution in [3.05, 3.63) is 58.1 Å². The van der Waals surface area contributed by atoms with Crippen LogP contribution in [0.15, 0.2) is 40.3 Å². The number of nitrogens with zero attached hydrogens (tertiary/aromatic N) is 2. The maximum Gasteiger partial charge on any atom is 0.274 e. The highest BCUT2D eigenvalue weighted by Crippen LogP contribution is 2.26. The van der Waals surface area contributed by atoms with E-state index in [0.29, 0.717) is 12.6 Å². The Morgan fingerprint density at radius 1 is 1.30 bits per heavy atom. The Bertz CT molecular complexity index is 1240. The number of fused-ring (bicyclic) bond motifs is 1. The minimum atomic E-state index is -4.30. The van der Waals surface area contributed by atoms with Crippen molar-refractivity contribution in [3.63, 3.8) is 0 Å². The molecule has 3 aromatic rings. The molecular formula is C17H14F2N4O3S. The van der Waals surface area contributed by atoms with Gasteiger partial charge in [-0.3, -0.25) is 9.52 Å². The van der Waals surface area contributed by atoms with Gasteiger partial charge in [-0.25, -0.2) is 17.2 Å². The molecule has 0 fully saturated rings. The number of anilines is 1. The molecule has 27 heavy (non-hydrogen) atoms. The van der Waals surface area contributed by atoms with E-state index >= 15 is 0 Å². The highest BCUT2D eigenvalue weighted by molar-refractivity contribution is 7.93. The normalized spacial score (nSPS) is 11.5. The number of hydrogen-bond donors (Lipinski definition) is 2. The first kappa shape index (κ1) is 18.6. The van der Waals surface area contributed by atoms with Crippen molar-refractivity contribution in [1.29, 1.82) is 5.26 Å². The molecule has 10 heteroatoms. The average Bonchev–Trinajstić information content (AvgIpc) is 3.05. The van der Waals surface area contributed by atoms with Crippen LogP contribution in [0.3, 0.4) is 0 Å². The maximum absolute atomic E-state index is 14.1. The summed E-state index contributed by atoms with van der Waals surface area (Å²) in [6, 6.07) is 4.60. The fraction of sp³-hybridized carbons (Fsp3) is 0.176. The zero-order valence-electron chi connectivity index (χ0n) is 14.1. The molecular weight excluding hydrogens is 378 g/mol. The highest BCUT2D eigenvalue weighted by atomic mass is 32.2. The molecule has 0 spiro atoms. The molecule has 3 rings (SSSR count). The molecule has 0 atom stereocenters. The van der Waals surface area contributed by atoms with Crippen LogP contribution in [-0.4, -0.2) is 18.0 Å². The van der Waals surface area contributed by atoms with E-state index in [4.69, 9.17) is 5.26 Å². The third-order valence-electron chi connectivity index (χ3n) is 4.06. The third kappa shape index (κ3) is 3.29. The number of H-pyrrole nitrogens is 1. The predicted octanol–water partition coefficient (Wildman–Crippen LogP) is 2.49. The van der Waals surface area contributed by atoms with Crippen molar-refractivity contribution in [2.24, 2.45) is 0 Å². The van der Waals surface area contributed by atoms with E-state index in [9.17, 15) is 22.0 Å². The summed E-state index contributed by atoms with van der Waals surface area (Å²) in [6.45, 7) is 2.18. The van der Waals surface area contributed by atoms with Crippen LogP contribution in [-0.2, 0) is 23.0 Å². The highest BCUT2D eigenvalue weighted by Gasteiger charge is 2.23. The molecule has 0 saturated heterocycles. The van der Waals surface area contributed by atoms with Crippen molar-refractivity contribution in [2.45, 2.75) is 24.8 Å². The molecule has 0 aliphatic carbocycles. The summed E-state index contributed by atoms with van der Waals surface area (Å²) in [5, 5.41) is 8.73. The molecule has 0 aliphatic rings. The molecule has 2 heterocycles. The van der Waals surface area contributed by atoms with Crippen LogP contribution in [0.1, 0.15) is 12.5 Å². The number of rotatable bonds is 5. The first-order chi connectivity index (χ1) is 12.8. The minimum absolute atomic E-state index is 0.0933. The molecule has 140 valence electrons. The van der Waals surface area contributed by atoms with Gasteiger partial charge >= 0.3 is 0 Å². The van der Waals surface area contributed by atoms with Crippen LogP contribution in [0.4, 0.5) is 14.5 Å². The molecule has 0 unspecified atom stereocenters. The smallest absolute Gasteiger partial charge is 0.274 e. The van der Waals surface area contributed by atoms with Crippen molar-refractivity contribution in [3.8, 4) is 6.07 Å². The standard InChI is InChI=1S/C17H14F2N4O3S/c1-2-23-6-4-11-15(9-21-16(11)17(23)24)27(25,26)22-14-8-12(18)10(3-5-20)7-13(14)19/h4,6-9,21-22H,2-3H2,1H3. The van der Waals surface area contributed by atoms with Gasteiger partial charge in [-0.05, 0) is 19.1 Å². The molecule has 0 bridgehead atoms. The van der Waals surface area contributed by atoms with Crippen LogP contribution in [0.25, 0.3) is 10.9 Å². The topological polar surface area (TPSA) is 108 Å². The lowest BCUT2D eigenvalue weighted by Gasteiger charge is -2.10. The average molecular weight is 392 g/mol. The van der Waals surface area contributed by atoms with Gasteiger partial charge in [-0.1, -0.05) is 0 Å². The van der Waals surface area contributed by atoms with Gasteiger partial charge in [0.2, 0.25) is 0 Å². The van der Waals surface area contributed by atoms with Gasteiger partial charge in [-0.2, -0.15) is 5.26 Å². The zero-order valence-corrected chi connectivity index (χ0v) is 14.9. The zero-order chi connectivity index (χ0) is 19.8. The van der Waals surface area contributed by atoms with Crippen LogP contribution in [0.5, 0.6) is 0 Å². The molecule has 7 nitrogen and oxygen atoms in total. The number of aromatic amines is 1. The number of aryl methyl sites for hydroxylation is 1. The molecule has 2 N–H and O–H groups in total. The molecule has 0 saturated carbocycles. The van der Waals surface area contributed by atoms with Crippen molar-refractivity contribution >= 4 is 26.6 Å². The van der Waals surface area contributed by atoms with Gasteiger partial charge in [0.05, 0.1) is 18.2 Å². The van der Waals surface area contributed by atoms with Crippen molar-refractivity contribution in [2.75, 3.05) is 4.72 Å². The third-order valence-corrected chi connectivity index (χ3v) is 5.46. The molecule has 1 aromatic carbocycles. The Hall–Kier alpha value is -3.19. The Kier molecular flexibility index (Phi) is 4.72. The number of aromatic nitrogens is 2. The number of sulfonamides is 1. The lowest BCUT2D eigenvalue weighted by Crippen LogP contribution is -2.19. The van der Waals surface area contributed by atoms with Gasteiger partial charge in [0.15, 0.2) is 0 Å². The summed E-state index contributed by atoms with van der Waals surface area (Å²) < 4.78 is 56.7. The van der Waals surface area contributed by atoms with Crippen LogP contribution in [0, 0.1) is 23.0 Å². The molecule has 0 amide bonds. The minimum Gasteiger partial charge on any atom is -0.355 e. The molecule has 0 aliphatic heterocycles. The lowest BCUT2D eigenvalue weighted by atomic mass is 10.1. The van der Waals surface area contributed by atoms with Gasteiger partial charge < -0.3 is 9.55 Å². The van der Waals surface area contributed by atoms with Gasteiger partial charge in [0.1, 0.15) is 22.0 Å². The quantitative estimate of drug-likeness (QED) is 0.695. The predicted molar refractivity (Wildman–Crippen MR) is 94.7 cm³/mol. The van der Waals surface area contributed by atoms with Crippen molar-refractivity contribution in [1.82, 2.24) is 9.55 Å². The summed E-state index contributed by atoms with van der Waals surface area (Å²) in [4.78, 5) is 14.6. The Morgan fingerprint density at radius 2 is 2.04 bits per heavy atom. The monoisotopic (exact) mass is 392 g/mol. The van der Waals surface area contributed by atoms with Crippen LogP contribution < -0.4 is 10.3 Å².